The maximum absolute atomic E-state index is 11.8. The molecule has 0 bridgehead atoms. The molecule has 1 unspecified atom stereocenters. The fourth-order valence-electron chi connectivity index (χ4n) is 2.09. The second-order valence-electron chi connectivity index (χ2n) is 6.35. The fourth-order valence-corrected chi connectivity index (χ4v) is 2.09. The minimum Gasteiger partial charge on any atom is -0.444 e. The molecule has 0 radical (unpaired) electrons. The lowest BCUT2D eigenvalue weighted by Gasteiger charge is -2.20. The van der Waals surface area contributed by atoms with E-state index in [1.807, 2.05) is 57.2 Å². The second-order valence-corrected chi connectivity index (χ2v) is 6.35. The molecular formula is C18H23N3O2. The van der Waals surface area contributed by atoms with Crippen molar-refractivity contribution >= 4 is 17.5 Å². The fraction of sp³-hybridized carbons (Fsp3) is 0.333. The Labute approximate surface area is 137 Å². The first-order chi connectivity index (χ1) is 10.8. The van der Waals surface area contributed by atoms with Crippen LogP contribution in [-0.2, 0) is 4.74 Å². The Hall–Kier alpha value is -2.56. The van der Waals surface area contributed by atoms with E-state index < -0.39 is 11.7 Å². The molecule has 1 aromatic carbocycles. The highest BCUT2D eigenvalue weighted by molar-refractivity contribution is 5.85. The molecule has 5 nitrogen and oxygen atoms in total. The Balaban J connectivity index is 2.01. The zero-order chi connectivity index (χ0) is 16.9. The maximum atomic E-state index is 11.8. The zero-order valence-corrected chi connectivity index (χ0v) is 14.0. The molecule has 0 spiro atoms. The van der Waals surface area contributed by atoms with Crippen LogP contribution in [0.15, 0.2) is 48.8 Å². The monoisotopic (exact) mass is 313 g/mol. The van der Waals surface area contributed by atoms with Crippen LogP contribution >= 0.6 is 0 Å². The molecule has 0 aliphatic carbocycles. The average Bonchev–Trinajstić information content (AvgIpc) is 2.46. The van der Waals surface area contributed by atoms with E-state index in [-0.39, 0.29) is 6.04 Å². The third kappa shape index (κ3) is 5.62. The van der Waals surface area contributed by atoms with Crippen LogP contribution in [0, 0.1) is 0 Å². The third-order valence-corrected chi connectivity index (χ3v) is 3.10. The average molecular weight is 313 g/mol. The van der Waals surface area contributed by atoms with Crippen LogP contribution in [0.5, 0.6) is 0 Å². The Morgan fingerprint density at radius 1 is 1.13 bits per heavy atom. The van der Waals surface area contributed by atoms with Gasteiger partial charge in [-0.25, -0.2) is 4.79 Å². The summed E-state index contributed by atoms with van der Waals surface area (Å²) in [5.74, 6) is 0. The lowest BCUT2D eigenvalue weighted by molar-refractivity contribution is 0.0636. The van der Waals surface area contributed by atoms with Crippen LogP contribution < -0.4 is 10.6 Å². The Bertz CT molecular complexity index is 651. The van der Waals surface area contributed by atoms with Crippen molar-refractivity contribution in [2.75, 3.05) is 10.6 Å². The SMILES string of the molecule is CC(Nc1cccc(NC(=O)OC(C)(C)C)c1)c1ccncc1. The Morgan fingerprint density at radius 2 is 1.78 bits per heavy atom. The highest BCUT2D eigenvalue weighted by Crippen LogP contribution is 2.22. The molecule has 23 heavy (non-hydrogen) atoms. The highest BCUT2D eigenvalue weighted by Gasteiger charge is 2.16. The standard InChI is InChI=1S/C18H23N3O2/c1-13(14-8-10-19-11-9-14)20-15-6-5-7-16(12-15)21-17(22)23-18(2,3)4/h5-13,20H,1-4H3,(H,21,22). The van der Waals surface area contributed by atoms with E-state index in [0.717, 1.165) is 11.3 Å². The molecule has 1 atom stereocenters. The van der Waals surface area contributed by atoms with E-state index in [9.17, 15) is 4.79 Å². The Morgan fingerprint density at radius 3 is 2.43 bits per heavy atom. The Kier molecular flexibility index (Phi) is 5.21. The van der Waals surface area contributed by atoms with E-state index >= 15 is 0 Å². The largest absolute Gasteiger partial charge is 0.444 e. The molecule has 0 saturated carbocycles. The van der Waals surface area contributed by atoms with E-state index in [1.54, 1.807) is 12.4 Å². The number of pyridine rings is 1. The van der Waals surface area contributed by atoms with E-state index in [1.165, 1.54) is 0 Å². The van der Waals surface area contributed by atoms with Crippen molar-refractivity contribution in [2.45, 2.75) is 39.3 Å². The number of hydrogen-bond donors (Lipinski definition) is 2. The molecule has 0 aliphatic rings. The summed E-state index contributed by atoms with van der Waals surface area (Å²) in [5.41, 5.74) is 2.23. The predicted molar refractivity (Wildman–Crippen MR) is 92.6 cm³/mol. The lowest BCUT2D eigenvalue weighted by atomic mass is 10.1. The molecule has 0 fully saturated rings. The number of amides is 1. The quantitative estimate of drug-likeness (QED) is 0.865. The van der Waals surface area contributed by atoms with Crippen molar-refractivity contribution in [1.29, 1.82) is 0 Å². The first-order valence-corrected chi connectivity index (χ1v) is 7.60. The van der Waals surface area contributed by atoms with Crippen molar-refractivity contribution in [2.24, 2.45) is 0 Å². The molecule has 1 amide bonds. The second kappa shape index (κ2) is 7.13. The van der Waals surface area contributed by atoms with Gasteiger partial charge in [0.15, 0.2) is 0 Å². The van der Waals surface area contributed by atoms with Crippen LogP contribution in [0.25, 0.3) is 0 Å². The van der Waals surface area contributed by atoms with Crippen LogP contribution in [0.4, 0.5) is 16.2 Å². The van der Waals surface area contributed by atoms with Gasteiger partial charge in [0, 0.05) is 29.8 Å². The number of ether oxygens (including phenoxy) is 1. The van der Waals surface area contributed by atoms with Gasteiger partial charge in [0.2, 0.25) is 0 Å². The smallest absolute Gasteiger partial charge is 0.412 e. The van der Waals surface area contributed by atoms with Crippen molar-refractivity contribution < 1.29 is 9.53 Å². The lowest BCUT2D eigenvalue weighted by Crippen LogP contribution is -2.27. The van der Waals surface area contributed by atoms with Gasteiger partial charge in [-0.15, -0.1) is 0 Å². The minimum atomic E-state index is -0.518. The summed E-state index contributed by atoms with van der Waals surface area (Å²) >= 11 is 0. The van der Waals surface area contributed by atoms with Crippen LogP contribution in [-0.4, -0.2) is 16.7 Å². The molecule has 2 aromatic rings. The van der Waals surface area contributed by atoms with Gasteiger partial charge < -0.3 is 10.1 Å². The van der Waals surface area contributed by atoms with Gasteiger partial charge in [-0.1, -0.05) is 6.07 Å². The molecule has 0 aliphatic heterocycles. The number of nitrogens with one attached hydrogen (secondary N) is 2. The molecule has 122 valence electrons. The number of nitrogens with zero attached hydrogens (tertiary/aromatic N) is 1. The highest BCUT2D eigenvalue weighted by atomic mass is 16.6. The number of rotatable bonds is 4. The summed E-state index contributed by atoms with van der Waals surface area (Å²) in [6.07, 6.45) is 3.08. The van der Waals surface area contributed by atoms with Crippen molar-refractivity contribution in [3.8, 4) is 0 Å². The molecule has 1 aromatic heterocycles. The van der Waals surface area contributed by atoms with Crippen LogP contribution in [0.1, 0.15) is 39.3 Å². The van der Waals surface area contributed by atoms with E-state index in [0.29, 0.717) is 5.69 Å². The normalized spacial score (nSPS) is 12.3. The summed E-state index contributed by atoms with van der Waals surface area (Å²) in [6, 6.07) is 11.6. The third-order valence-electron chi connectivity index (χ3n) is 3.10. The number of carbonyl (C=O) groups is 1. The summed E-state index contributed by atoms with van der Waals surface area (Å²) in [6.45, 7) is 7.58. The van der Waals surface area contributed by atoms with Gasteiger partial charge in [-0.05, 0) is 63.6 Å². The molecular weight excluding hydrogens is 290 g/mol. The summed E-state index contributed by atoms with van der Waals surface area (Å²) in [5, 5.41) is 6.14. The van der Waals surface area contributed by atoms with Gasteiger partial charge >= 0.3 is 6.09 Å². The first-order valence-electron chi connectivity index (χ1n) is 7.60. The van der Waals surface area contributed by atoms with Gasteiger partial charge in [0.25, 0.3) is 0 Å². The number of aromatic nitrogens is 1. The summed E-state index contributed by atoms with van der Waals surface area (Å²) in [7, 11) is 0. The number of benzene rings is 1. The molecule has 0 saturated heterocycles. The van der Waals surface area contributed by atoms with Crippen molar-refractivity contribution in [3.63, 3.8) is 0 Å². The van der Waals surface area contributed by atoms with Gasteiger partial charge in [-0.2, -0.15) is 0 Å². The first kappa shape index (κ1) is 16.8. The molecule has 2 rings (SSSR count). The van der Waals surface area contributed by atoms with Crippen LogP contribution in [0.2, 0.25) is 0 Å². The van der Waals surface area contributed by atoms with Gasteiger partial charge in [-0.3, -0.25) is 10.3 Å². The van der Waals surface area contributed by atoms with E-state index in [4.69, 9.17) is 4.74 Å². The van der Waals surface area contributed by atoms with Crippen molar-refractivity contribution in [3.05, 3.63) is 54.4 Å². The summed E-state index contributed by atoms with van der Waals surface area (Å²) in [4.78, 5) is 15.8. The van der Waals surface area contributed by atoms with Gasteiger partial charge in [0.1, 0.15) is 5.60 Å². The number of carbonyl (C=O) groups excluding carboxylic acids is 1. The van der Waals surface area contributed by atoms with E-state index in [2.05, 4.69) is 22.5 Å². The number of hydrogen-bond acceptors (Lipinski definition) is 4. The minimum absolute atomic E-state index is 0.134. The van der Waals surface area contributed by atoms with Crippen molar-refractivity contribution in [1.82, 2.24) is 4.98 Å². The molecule has 1 heterocycles. The topological polar surface area (TPSA) is 63.2 Å². The molecule has 2 N–H and O–H groups in total. The number of anilines is 2. The van der Waals surface area contributed by atoms with Gasteiger partial charge in [0.05, 0.1) is 0 Å². The van der Waals surface area contributed by atoms with Crippen LogP contribution in [0.3, 0.4) is 0 Å². The maximum Gasteiger partial charge on any atom is 0.412 e. The summed E-state index contributed by atoms with van der Waals surface area (Å²) < 4.78 is 5.25. The predicted octanol–water partition coefficient (Wildman–Crippen LogP) is 4.60. The zero-order valence-electron chi connectivity index (χ0n) is 14.0. The molecule has 5 heteroatoms.